The summed E-state index contributed by atoms with van der Waals surface area (Å²) < 4.78 is 5.61. The molecule has 0 fully saturated rings. The molecule has 6 nitrogen and oxygen atoms in total. The van der Waals surface area contributed by atoms with Crippen molar-refractivity contribution < 1.29 is 15.1 Å². The Kier molecular flexibility index (Phi) is 3.94. The van der Waals surface area contributed by atoms with Crippen LogP contribution in [0.25, 0.3) is 0 Å². The summed E-state index contributed by atoms with van der Waals surface area (Å²) in [5, 5.41) is 20.9. The van der Waals surface area contributed by atoms with Gasteiger partial charge in [-0.25, -0.2) is 4.98 Å². The van der Waals surface area contributed by atoms with Crippen LogP contribution >= 0.6 is 0 Å². The average molecular weight is 259 g/mol. The highest BCUT2D eigenvalue weighted by atomic mass is 16.5. The van der Waals surface area contributed by atoms with E-state index in [1.165, 1.54) is 6.20 Å². The Morgan fingerprint density at radius 1 is 1.26 bits per heavy atom. The highest BCUT2D eigenvalue weighted by molar-refractivity contribution is 5.99. The largest absolute Gasteiger partial charge is 0.438 e. The molecular formula is C13H13N3O3. The van der Waals surface area contributed by atoms with E-state index in [9.17, 15) is 5.11 Å². The van der Waals surface area contributed by atoms with Crippen molar-refractivity contribution in [3.63, 3.8) is 0 Å². The normalized spacial score (nSPS) is 11.3. The van der Waals surface area contributed by atoms with Gasteiger partial charge in [0.05, 0.1) is 12.2 Å². The number of oxime groups is 1. The second kappa shape index (κ2) is 5.83. The lowest BCUT2D eigenvalue weighted by atomic mass is 10.2. The number of aliphatic hydroxyl groups excluding tert-OH is 1. The van der Waals surface area contributed by atoms with Crippen molar-refractivity contribution in [1.82, 2.24) is 4.98 Å². The lowest BCUT2D eigenvalue weighted by Crippen LogP contribution is -2.14. The smallest absolute Gasteiger partial charge is 0.230 e. The zero-order chi connectivity index (χ0) is 13.7. The van der Waals surface area contributed by atoms with Crippen LogP contribution in [0.5, 0.6) is 11.6 Å². The fraction of sp³-hybridized carbons (Fsp3) is 0.0769. The van der Waals surface area contributed by atoms with Gasteiger partial charge in [0.2, 0.25) is 5.88 Å². The van der Waals surface area contributed by atoms with E-state index in [1.54, 1.807) is 36.4 Å². The van der Waals surface area contributed by atoms with Crippen LogP contribution in [0.15, 0.2) is 47.8 Å². The molecule has 1 aromatic carbocycles. The van der Waals surface area contributed by atoms with Crippen LogP contribution in [0.3, 0.4) is 0 Å². The van der Waals surface area contributed by atoms with Crippen molar-refractivity contribution in [2.75, 3.05) is 0 Å². The molecule has 6 heteroatoms. The van der Waals surface area contributed by atoms with Crippen LogP contribution in [0.4, 0.5) is 0 Å². The molecule has 0 amide bonds. The first-order chi connectivity index (χ1) is 9.26. The zero-order valence-corrected chi connectivity index (χ0v) is 10.0. The second-order valence-corrected chi connectivity index (χ2v) is 3.71. The van der Waals surface area contributed by atoms with Gasteiger partial charge in [0, 0.05) is 11.8 Å². The third kappa shape index (κ3) is 2.80. The van der Waals surface area contributed by atoms with E-state index in [4.69, 9.17) is 15.7 Å². The maximum absolute atomic E-state index is 9.23. The molecule has 0 aliphatic carbocycles. The van der Waals surface area contributed by atoms with Crippen LogP contribution < -0.4 is 10.5 Å². The van der Waals surface area contributed by atoms with Gasteiger partial charge < -0.3 is 20.8 Å². The van der Waals surface area contributed by atoms with Gasteiger partial charge in [0.1, 0.15) is 5.75 Å². The van der Waals surface area contributed by atoms with Crippen LogP contribution in [-0.4, -0.2) is 21.1 Å². The Hall–Kier alpha value is -2.60. The van der Waals surface area contributed by atoms with Crippen molar-refractivity contribution in [1.29, 1.82) is 0 Å². The number of nitrogens with zero attached hydrogens (tertiary/aromatic N) is 2. The van der Waals surface area contributed by atoms with E-state index in [2.05, 4.69) is 10.1 Å². The number of hydrogen-bond donors (Lipinski definition) is 3. The fourth-order valence-electron chi connectivity index (χ4n) is 1.56. The molecule has 2 rings (SSSR count). The Bertz CT molecular complexity index is 599. The summed E-state index contributed by atoms with van der Waals surface area (Å²) in [5.74, 6) is 0.582. The summed E-state index contributed by atoms with van der Waals surface area (Å²) in [6.07, 6.45) is 1.53. The highest BCUT2D eigenvalue weighted by Crippen LogP contribution is 2.26. The van der Waals surface area contributed by atoms with Crippen molar-refractivity contribution in [2.24, 2.45) is 10.9 Å². The number of aromatic nitrogens is 1. The minimum atomic E-state index is -0.151. The molecule has 0 atom stereocenters. The predicted octanol–water partition coefficient (Wildman–Crippen LogP) is 1.46. The molecular weight excluding hydrogens is 246 g/mol. The van der Waals surface area contributed by atoms with E-state index in [1.807, 2.05) is 0 Å². The summed E-state index contributed by atoms with van der Waals surface area (Å²) in [6, 6.07) is 10.3. The molecule has 19 heavy (non-hydrogen) atoms. The molecule has 0 bridgehead atoms. The Morgan fingerprint density at radius 2 is 2.05 bits per heavy atom. The topological polar surface area (TPSA) is 101 Å². The first-order valence-corrected chi connectivity index (χ1v) is 5.55. The zero-order valence-electron chi connectivity index (χ0n) is 10.0. The highest BCUT2D eigenvalue weighted by Gasteiger charge is 2.11. The van der Waals surface area contributed by atoms with Crippen molar-refractivity contribution in [3.8, 4) is 11.6 Å². The maximum atomic E-state index is 9.23. The molecule has 0 aliphatic rings. The van der Waals surface area contributed by atoms with Gasteiger partial charge in [-0.15, -0.1) is 0 Å². The van der Waals surface area contributed by atoms with E-state index in [-0.39, 0.29) is 18.3 Å². The lowest BCUT2D eigenvalue weighted by molar-refractivity contribution is 0.276. The minimum Gasteiger partial charge on any atom is -0.438 e. The van der Waals surface area contributed by atoms with Gasteiger partial charge in [-0.3, -0.25) is 0 Å². The molecule has 4 N–H and O–H groups in total. The molecule has 1 aromatic heterocycles. The quantitative estimate of drug-likeness (QED) is 0.334. The number of nitrogens with two attached hydrogens (primary N) is 1. The van der Waals surface area contributed by atoms with Gasteiger partial charge in [-0.05, 0) is 18.2 Å². The van der Waals surface area contributed by atoms with Crippen molar-refractivity contribution in [3.05, 3.63) is 53.7 Å². The van der Waals surface area contributed by atoms with Crippen LogP contribution in [0, 0.1) is 0 Å². The van der Waals surface area contributed by atoms with E-state index in [0.717, 1.165) is 0 Å². The molecule has 98 valence electrons. The molecule has 0 radical (unpaired) electrons. The van der Waals surface area contributed by atoms with Crippen molar-refractivity contribution >= 4 is 5.84 Å². The van der Waals surface area contributed by atoms with Crippen molar-refractivity contribution in [2.45, 2.75) is 6.61 Å². The summed E-state index contributed by atoms with van der Waals surface area (Å²) in [7, 11) is 0. The number of pyridine rings is 1. The molecule has 1 heterocycles. The van der Waals surface area contributed by atoms with E-state index < -0.39 is 0 Å². The first-order valence-electron chi connectivity index (χ1n) is 5.55. The molecule has 0 spiro atoms. The summed E-state index contributed by atoms with van der Waals surface area (Å²) in [5.41, 5.74) is 6.55. The Balaban J connectivity index is 2.39. The minimum absolute atomic E-state index is 0.0930. The van der Waals surface area contributed by atoms with Crippen LogP contribution in [0.2, 0.25) is 0 Å². The number of rotatable bonds is 4. The number of ether oxygens (including phenoxy) is 1. The molecule has 0 saturated carbocycles. The lowest BCUT2D eigenvalue weighted by Gasteiger charge is -2.11. The maximum Gasteiger partial charge on any atom is 0.230 e. The van der Waals surface area contributed by atoms with Gasteiger partial charge in [0.15, 0.2) is 5.84 Å². The summed E-state index contributed by atoms with van der Waals surface area (Å²) in [4.78, 5) is 4.04. The number of para-hydroxylation sites is 1. The Morgan fingerprint density at radius 3 is 2.79 bits per heavy atom. The Labute approximate surface area is 109 Å². The number of benzene rings is 1. The monoisotopic (exact) mass is 259 g/mol. The molecule has 2 aromatic rings. The molecule has 0 saturated heterocycles. The number of aliphatic hydroxyl groups is 1. The summed E-state index contributed by atoms with van der Waals surface area (Å²) >= 11 is 0. The number of amidine groups is 1. The fourth-order valence-corrected chi connectivity index (χ4v) is 1.56. The predicted molar refractivity (Wildman–Crippen MR) is 69.2 cm³/mol. The van der Waals surface area contributed by atoms with Gasteiger partial charge >= 0.3 is 0 Å². The van der Waals surface area contributed by atoms with Crippen LogP contribution in [0.1, 0.15) is 11.1 Å². The molecule has 0 aliphatic heterocycles. The van der Waals surface area contributed by atoms with Crippen LogP contribution in [-0.2, 0) is 6.61 Å². The third-order valence-corrected chi connectivity index (χ3v) is 2.50. The number of hydrogen-bond acceptors (Lipinski definition) is 5. The molecule has 0 unspecified atom stereocenters. The first kappa shape index (κ1) is 12.8. The van der Waals surface area contributed by atoms with E-state index >= 15 is 0 Å². The van der Waals surface area contributed by atoms with Gasteiger partial charge in [0.25, 0.3) is 0 Å². The van der Waals surface area contributed by atoms with E-state index in [0.29, 0.717) is 16.9 Å². The van der Waals surface area contributed by atoms with Gasteiger partial charge in [-0.1, -0.05) is 23.4 Å². The van der Waals surface area contributed by atoms with Gasteiger partial charge in [-0.2, -0.15) is 0 Å². The third-order valence-electron chi connectivity index (χ3n) is 2.50. The standard InChI is InChI=1S/C13H13N3O3/c14-12(16-18)10-5-3-7-15-13(10)19-11-6-2-1-4-9(11)8-17/h1-7,17-18H,8H2,(H2,14,16). The summed E-state index contributed by atoms with van der Waals surface area (Å²) in [6.45, 7) is -0.151. The average Bonchev–Trinajstić information content (AvgIpc) is 2.47. The second-order valence-electron chi connectivity index (χ2n) is 3.71. The SMILES string of the molecule is N/C(=N/O)c1cccnc1Oc1ccccc1CO.